The molecule has 0 aliphatic heterocycles. The molecule has 9 heteroatoms. The van der Waals surface area contributed by atoms with Gasteiger partial charge < -0.3 is 9.47 Å². The second-order valence-electron chi connectivity index (χ2n) is 10.7. The molecule has 0 aliphatic rings. The standard InChI is InChI=1S/C34H32N6O3/c1-5-43-33-35-29-17-11-16-28(32(41)42-4)30(29)39(33)22-23-18-20-24(21-19-23)26-14-9-10-15-27(26)31-36-37-38-40(31)34(2,3)25-12-7-6-8-13-25/h6-21H,5,22H2,1-4H3. The summed E-state index contributed by atoms with van der Waals surface area (Å²) in [5.74, 6) is 0.273. The first-order chi connectivity index (χ1) is 20.9. The van der Waals surface area contributed by atoms with Crippen molar-refractivity contribution >= 4 is 17.0 Å². The monoisotopic (exact) mass is 572 g/mol. The van der Waals surface area contributed by atoms with Crippen LogP contribution in [0.25, 0.3) is 33.5 Å². The Morgan fingerprint density at radius 3 is 2.30 bits per heavy atom. The van der Waals surface area contributed by atoms with Gasteiger partial charge in [0.05, 0.1) is 42.4 Å². The summed E-state index contributed by atoms with van der Waals surface area (Å²) in [6.45, 7) is 7.05. The van der Waals surface area contributed by atoms with Crippen LogP contribution in [0.5, 0.6) is 6.01 Å². The van der Waals surface area contributed by atoms with Crippen molar-refractivity contribution in [2.45, 2.75) is 32.9 Å². The Labute approximate surface area is 249 Å². The number of fused-ring (bicyclic) bond motifs is 1. The lowest BCUT2D eigenvalue weighted by Crippen LogP contribution is -2.29. The molecule has 216 valence electrons. The first-order valence-corrected chi connectivity index (χ1v) is 14.2. The van der Waals surface area contributed by atoms with Crippen molar-refractivity contribution in [1.29, 1.82) is 0 Å². The van der Waals surface area contributed by atoms with E-state index in [-0.39, 0.29) is 0 Å². The summed E-state index contributed by atoms with van der Waals surface area (Å²) in [6.07, 6.45) is 0. The highest BCUT2D eigenvalue weighted by atomic mass is 16.5. The van der Waals surface area contributed by atoms with E-state index in [1.165, 1.54) is 7.11 Å². The summed E-state index contributed by atoms with van der Waals surface area (Å²) >= 11 is 0. The van der Waals surface area contributed by atoms with E-state index in [9.17, 15) is 4.79 Å². The van der Waals surface area contributed by atoms with Gasteiger partial charge in [0.1, 0.15) is 0 Å². The molecule has 2 aromatic heterocycles. The van der Waals surface area contributed by atoms with Gasteiger partial charge in [0.15, 0.2) is 5.82 Å². The van der Waals surface area contributed by atoms with Gasteiger partial charge in [0.25, 0.3) is 6.01 Å². The van der Waals surface area contributed by atoms with E-state index in [0.717, 1.165) is 27.8 Å². The molecule has 0 amide bonds. The number of nitrogens with zero attached hydrogens (tertiary/aromatic N) is 6. The number of carbonyl (C=O) groups is 1. The lowest BCUT2D eigenvalue weighted by atomic mass is 9.93. The van der Waals surface area contributed by atoms with Crippen LogP contribution in [0.4, 0.5) is 0 Å². The molecule has 0 unspecified atom stereocenters. The summed E-state index contributed by atoms with van der Waals surface area (Å²) in [7, 11) is 1.38. The Bertz CT molecular complexity index is 1890. The summed E-state index contributed by atoms with van der Waals surface area (Å²) in [5, 5.41) is 12.9. The minimum absolute atomic E-state index is 0.417. The van der Waals surface area contributed by atoms with Crippen molar-refractivity contribution in [2.75, 3.05) is 13.7 Å². The quantitative estimate of drug-likeness (QED) is 0.186. The highest BCUT2D eigenvalue weighted by Crippen LogP contribution is 2.35. The van der Waals surface area contributed by atoms with Crippen molar-refractivity contribution in [3.8, 4) is 28.5 Å². The third kappa shape index (κ3) is 5.14. The predicted molar refractivity (Wildman–Crippen MR) is 165 cm³/mol. The van der Waals surface area contributed by atoms with Crippen molar-refractivity contribution < 1.29 is 14.3 Å². The van der Waals surface area contributed by atoms with E-state index in [0.29, 0.717) is 41.6 Å². The Kier molecular flexibility index (Phi) is 7.46. The molecule has 0 fully saturated rings. The number of carbonyl (C=O) groups excluding carboxylic acids is 1. The average molecular weight is 573 g/mol. The molecule has 43 heavy (non-hydrogen) atoms. The number of ether oxygens (including phenoxy) is 2. The zero-order valence-corrected chi connectivity index (χ0v) is 24.6. The Hall–Kier alpha value is -5.31. The molecular weight excluding hydrogens is 540 g/mol. The molecule has 0 aliphatic carbocycles. The number of esters is 1. The molecule has 6 aromatic rings. The van der Waals surface area contributed by atoms with E-state index < -0.39 is 11.5 Å². The number of methoxy groups -OCH3 is 1. The normalized spacial score (nSPS) is 11.5. The fourth-order valence-electron chi connectivity index (χ4n) is 5.43. The summed E-state index contributed by atoms with van der Waals surface area (Å²) < 4.78 is 14.7. The van der Waals surface area contributed by atoms with Crippen LogP contribution in [0.3, 0.4) is 0 Å². The third-order valence-corrected chi connectivity index (χ3v) is 7.66. The van der Waals surface area contributed by atoms with Gasteiger partial charge in [-0.1, -0.05) is 84.9 Å². The molecule has 4 aromatic carbocycles. The van der Waals surface area contributed by atoms with Crippen LogP contribution in [0, 0.1) is 0 Å². The maximum atomic E-state index is 12.6. The largest absolute Gasteiger partial charge is 0.465 e. The van der Waals surface area contributed by atoms with E-state index in [1.54, 1.807) is 12.1 Å². The number of aromatic nitrogens is 6. The zero-order valence-electron chi connectivity index (χ0n) is 24.6. The maximum Gasteiger partial charge on any atom is 0.340 e. The van der Waals surface area contributed by atoms with Crippen LogP contribution < -0.4 is 4.74 Å². The van der Waals surface area contributed by atoms with Crippen LogP contribution in [0.2, 0.25) is 0 Å². The Morgan fingerprint density at radius 2 is 1.58 bits per heavy atom. The van der Waals surface area contributed by atoms with Gasteiger partial charge in [0, 0.05) is 5.56 Å². The van der Waals surface area contributed by atoms with Gasteiger partial charge in [-0.25, -0.2) is 9.48 Å². The minimum Gasteiger partial charge on any atom is -0.465 e. The van der Waals surface area contributed by atoms with Crippen LogP contribution >= 0.6 is 0 Å². The van der Waals surface area contributed by atoms with Crippen LogP contribution in [0.1, 0.15) is 42.3 Å². The van der Waals surface area contributed by atoms with Crippen LogP contribution in [-0.2, 0) is 16.8 Å². The van der Waals surface area contributed by atoms with E-state index in [4.69, 9.17) is 9.47 Å². The minimum atomic E-state index is -0.466. The molecule has 0 spiro atoms. The molecule has 0 N–H and O–H groups in total. The highest BCUT2D eigenvalue weighted by molar-refractivity contribution is 6.02. The van der Waals surface area contributed by atoms with E-state index >= 15 is 0 Å². The van der Waals surface area contributed by atoms with Crippen molar-refractivity contribution in [1.82, 2.24) is 29.8 Å². The predicted octanol–water partition coefficient (Wildman–Crippen LogP) is 6.37. The maximum absolute atomic E-state index is 12.6. The number of benzene rings is 4. The second kappa shape index (κ2) is 11.5. The topological polar surface area (TPSA) is 97.0 Å². The number of hydrogen-bond donors (Lipinski definition) is 0. The fraction of sp³-hybridized carbons (Fsp3) is 0.206. The van der Waals surface area contributed by atoms with Gasteiger partial charge in [-0.05, 0) is 65.6 Å². The second-order valence-corrected chi connectivity index (χ2v) is 10.7. The molecule has 0 saturated heterocycles. The average Bonchev–Trinajstić information content (AvgIpc) is 3.68. The third-order valence-electron chi connectivity index (χ3n) is 7.66. The zero-order chi connectivity index (χ0) is 30.0. The Balaban J connectivity index is 1.36. The van der Waals surface area contributed by atoms with Gasteiger partial charge in [0.2, 0.25) is 0 Å². The highest BCUT2D eigenvalue weighted by Gasteiger charge is 2.29. The number of para-hydroxylation sites is 1. The molecule has 6 rings (SSSR count). The number of hydrogen-bond acceptors (Lipinski definition) is 7. The lowest BCUT2D eigenvalue weighted by Gasteiger charge is -2.26. The lowest BCUT2D eigenvalue weighted by molar-refractivity contribution is 0.0602. The first kappa shape index (κ1) is 27.8. The smallest absolute Gasteiger partial charge is 0.340 e. The fourth-order valence-corrected chi connectivity index (χ4v) is 5.43. The van der Waals surface area contributed by atoms with Crippen molar-refractivity contribution in [3.05, 3.63) is 114 Å². The number of imidazole rings is 1. The molecule has 0 radical (unpaired) electrons. The van der Waals surface area contributed by atoms with E-state index in [1.807, 2.05) is 58.6 Å². The Morgan fingerprint density at radius 1 is 0.860 bits per heavy atom. The van der Waals surface area contributed by atoms with Crippen LogP contribution in [0.15, 0.2) is 97.1 Å². The first-order valence-electron chi connectivity index (χ1n) is 14.2. The molecule has 2 heterocycles. The molecule has 0 saturated carbocycles. The number of tetrazole rings is 1. The van der Waals surface area contributed by atoms with Crippen molar-refractivity contribution in [3.63, 3.8) is 0 Å². The van der Waals surface area contributed by atoms with Crippen LogP contribution in [-0.4, -0.2) is 49.4 Å². The molecule has 0 atom stereocenters. The summed E-state index contributed by atoms with van der Waals surface area (Å²) in [4.78, 5) is 17.2. The summed E-state index contributed by atoms with van der Waals surface area (Å²) in [6, 6.07) is 32.6. The van der Waals surface area contributed by atoms with E-state index in [2.05, 4.69) is 76.8 Å². The number of rotatable bonds is 9. The molecular formula is C34H32N6O3. The van der Waals surface area contributed by atoms with Gasteiger partial charge in [-0.3, -0.25) is 4.57 Å². The molecule has 0 bridgehead atoms. The van der Waals surface area contributed by atoms with Crippen molar-refractivity contribution in [2.24, 2.45) is 0 Å². The van der Waals surface area contributed by atoms with Gasteiger partial charge in [-0.15, -0.1) is 5.10 Å². The van der Waals surface area contributed by atoms with Gasteiger partial charge in [-0.2, -0.15) is 4.98 Å². The summed E-state index contributed by atoms with van der Waals surface area (Å²) in [5.41, 5.74) is 6.45. The van der Waals surface area contributed by atoms with Gasteiger partial charge >= 0.3 is 5.97 Å². The molecule has 9 nitrogen and oxygen atoms in total. The SMILES string of the molecule is CCOc1nc2cccc(C(=O)OC)c2n1Cc1ccc(-c2ccccc2-c2nnnn2C(C)(C)c2ccccc2)cc1.